The first-order valence-corrected chi connectivity index (χ1v) is 5.95. The fourth-order valence-corrected chi connectivity index (χ4v) is 1.61. The van der Waals surface area contributed by atoms with Crippen molar-refractivity contribution in [1.29, 1.82) is 0 Å². The molecular formula is C14H22N2O. The predicted molar refractivity (Wildman–Crippen MR) is 72.9 cm³/mol. The van der Waals surface area contributed by atoms with Crippen LogP contribution in [0.4, 0.5) is 0 Å². The number of hydrogen-bond donors (Lipinski definition) is 1. The first-order valence-electron chi connectivity index (χ1n) is 5.95. The Bertz CT molecular complexity index is 374. The molecule has 1 N–H and O–H groups in total. The summed E-state index contributed by atoms with van der Waals surface area (Å²) in [5, 5.41) is 3.21. The van der Waals surface area contributed by atoms with Crippen molar-refractivity contribution < 1.29 is 4.74 Å². The van der Waals surface area contributed by atoms with Gasteiger partial charge in [-0.05, 0) is 38.6 Å². The second kappa shape index (κ2) is 7.07. The molecule has 0 amide bonds. The number of nitrogens with one attached hydrogen (secondary N) is 1. The minimum absolute atomic E-state index is 0.476. The fraction of sp³-hybridized carbons (Fsp3) is 0.500. The number of benzene rings is 1. The molecule has 1 rings (SSSR count). The summed E-state index contributed by atoms with van der Waals surface area (Å²) in [5.41, 5.74) is 2.36. The summed E-state index contributed by atoms with van der Waals surface area (Å²) in [7, 11) is 3.65. The highest BCUT2D eigenvalue weighted by Crippen LogP contribution is 2.13. The van der Waals surface area contributed by atoms with Crippen LogP contribution in [-0.2, 0) is 6.54 Å². The third-order valence-corrected chi connectivity index (χ3v) is 2.76. The number of hydrogen-bond acceptors (Lipinski definition) is 3. The average Bonchev–Trinajstić information content (AvgIpc) is 2.36. The van der Waals surface area contributed by atoms with Crippen LogP contribution < -0.4 is 10.1 Å². The van der Waals surface area contributed by atoms with Gasteiger partial charge in [0, 0.05) is 18.2 Å². The van der Waals surface area contributed by atoms with E-state index in [4.69, 9.17) is 4.74 Å². The highest BCUT2D eigenvalue weighted by molar-refractivity contribution is 5.82. The summed E-state index contributed by atoms with van der Waals surface area (Å²) in [5.74, 6) is 0.888. The summed E-state index contributed by atoms with van der Waals surface area (Å²) in [6, 6.07) is 8.52. The third-order valence-electron chi connectivity index (χ3n) is 2.76. The number of aliphatic imine (C=N–C) groups is 1. The maximum atomic E-state index is 5.19. The Morgan fingerprint density at radius 2 is 2.24 bits per heavy atom. The van der Waals surface area contributed by atoms with Crippen LogP contribution in [0.25, 0.3) is 0 Å². The Morgan fingerprint density at radius 1 is 1.47 bits per heavy atom. The topological polar surface area (TPSA) is 33.6 Å². The molecule has 0 spiro atoms. The summed E-state index contributed by atoms with van der Waals surface area (Å²) < 4.78 is 5.19. The molecule has 0 saturated heterocycles. The van der Waals surface area contributed by atoms with Gasteiger partial charge in [0.2, 0.25) is 0 Å². The lowest BCUT2D eigenvalue weighted by Gasteiger charge is -2.09. The van der Waals surface area contributed by atoms with Crippen LogP contribution in [0.3, 0.4) is 0 Å². The molecule has 1 aromatic rings. The highest BCUT2D eigenvalue weighted by Gasteiger charge is 2.00. The van der Waals surface area contributed by atoms with Crippen LogP contribution in [0.15, 0.2) is 29.3 Å². The van der Waals surface area contributed by atoms with Gasteiger partial charge in [-0.25, -0.2) is 0 Å². The quantitative estimate of drug-likeness (QED) is 0.768. The zero-order valence-electron chi connectivity index (χ0n) is 11.2. The molecule has 0 radical (unpaired) electrons. The lowest BCUT2D eigenvalue weighted by molar-refractivity contribution is 0.414. The lowest BCUT2D eigenvalue weighted by atomic mass is 10.1. The molecule has 3 nitrogen and oxygen atoms in total. The van der Waals surface area contributed by atoms with Gasteiger partial charge in [0.05, 0.1) is 13.7 Å². The molecule has 0 heterocycles. The second-order valence-corrected chi connectivity index (χ2v) is 4.30. The summed E-state index contributed by atoms with van der Waals surface area (Å²) in [4.78, 5) is 4.58. The Kier molecular flexibility index (Phi) is 5.70. The Balaban J connectivity index is 2.56. The van der Waals surface area contributed by atoms with Gasteiger partial charge in [-0.15, -0.1) is 0 Å². The Hall–Kier alpha value is -1.35. The third kappa shape index (κ3) is 5.00. The molecule has 1 atom stereocenters. The number of ether oxygens (including phenoxy) is 1. The average molecular weight is 234 g/mol. The molecule has 3 heteroatoms. The number of methoxy groups -OCH3 is 1. The van der Waals surface area contributed by atoms with E-state index in [9.17, 15) is 0 Å². The van der Waals surface area contributed by atoms with Crippen LogP contribution in [0, 0.1) is 0 Å². The molecule has 0 aliphatic heterocycles. The van der Waals surface area contributed by atoms with Crippen LogP contribution in [0.5, 0.6) is 5.75 Å². The van der Waals surface area contributed by atoms with Crippen molar-refractivity contribution in [1.82, 2.24) is 5.32 Å². The second-order valence-electron chi connectivity index (χ2n) is 4.30. The molecule has 0 saturated carbocycles. The van der Waals surface area contributed by atoms with E-state index in [1.807, 2.05) is 25.2 Å². The van der Waals surface area contributed by atoms with Crippen LogP contribution >= 0.6 is 0 Å². The largest absolute Gasteiger partial charge is 0.497 e. The van der Waals surface area contributed by atoms with E-state index in [0.29, 0.717) is 6.04 Å². The van der Waals surface area contributed by atoms with Crippen molar-refractivity contribution in [3.63, 3.8) is 0 Å². The van der Waals surface area contributed by atoms with Gasteiger partial charge in [-0.2, -0.15) is 0 Å². The molecular weight excluding hydrogens is 212 g/mol. The monoisotopic (exact) mass is 234 g/mol. The van der Waals surface area contributed by atoms with Crippen molar-refractivity contribution in [3.05, 3.63) is 29.8 Å². The molecule has 0 aromatic heterocycles. The zero-order chi connectivity index (χ0) is 12.7. The van der Waals surface area contributed by atoms with Gasteiger partial charge in [0.15, 0.2) is 0 Å². The van der Waals surface area contributed by atoms with Crippen LogP contribution in [-0.4, -0.2) is 25.9 Å². The maximum absolute atomic E-state index is 5.19. The van der Waals surface area contributed by atoms with Crippen molar-refractivity contribution in [2.45, 2.75) is 32.9 Å². The van der Waals surface area contributed by atoms with Crippen LogP contribution in [0.2, 0.25) is 0 Å². The van der Waals surface area contributed by atoms with E-state index < -0.39 is 0 Å². The molecule has 0 fully saturated rings. The van der Waals surface area contributed by atoms with Gasteiger partial charge in [0.1, 0.15) is 5.75 Å². The molecule has 1 unspecified atom stereocenters. The van der Waals surface area contributed by atoms with E-state index in [-0.39, 0.29) is 0 Å². The normalized spacial score (nSPS) is 13.5. The van der Waals surface area contributed by atoms with Gasteiger partial charge < -0.3 is 10.1 Å². The molecule has 0 aliphatic rings. The van der Waals surface area contributed by atoms with Crippen molar-refractivity contribution in [2.24, 2.45) is 4.99 Å². The maximum Gasteiger partial charge on any atom is 0.119 e. The minimum Gasteiger partial charge on any atom is -0.497 e. The summed E-state index contributed by atoms with van der Waals surface area (Å²) in [6.07, 6.45) is 0.987. The highest BCUT2D eigenvalue weighted by atomic mass is 16.5. The predicted octanol–water partition coefficient (Wildman–Crippen LogP) is 2.65. The summed E-state index contributed by atoms with van der Waals surface area (Å²) in [6.45, 7) is 4.96. The summed E-state index contributed by atoms with van der Waals surface area (Å²) >= 11 is 0. The van der Waals surface area contributed by atoms with Crippen LogP contribution in [0.1, 0.15) is 25.8 Å². The van der Waals surface area contributed by atoms with Gasteiger partial charge in [0.25, 0.3) is 0 Å². The van der Waals surface area contributed by atoms with Gasteiger partial charge >= 0.3 is 0 Å². The van der Waals surface area contributed by atoms with E-state index in [0.717, 1.165) is 18.7 Å². The van der Waals surface area contributed by atoms with E-state index in [2.05, 4.69) is 30.2 Å². The van der Waals surface area contributed by atoms with Gasteiger partial charge in [-0.1, -0.05) is 12.1 Å². The number of rotatable bonds is 6. The number of nitrogens with zero attached hydrogens (tertiary/aromatic N) is 1. The smallest absolute Gasteiger partial charge is 0.119 e. The van der Waals surface area contributed by atoms with E-state index in [1.165, 1.54) is 11.3 Å². The first kappa shape index (κ1) is 13.7. The standard InChI is InChI=1S/C14H22N2O/c1-11(15-3)8-12(2)16-10-13-6-5-7-14(9-13)17-4/h5-7,9,11,15H,8,10H2,1-4H3. The van der Waals surface area contributed by atoms with Crippen molar-refractivity contribution in [3.8, 4) is 5.75 Å². The molecule has 17 heavy (non-hydrogen) atoms. The Labute approximate surface area is 104 Å². The van der Waals surface area contributed by atoms with E-state index >= 15 is 0 Å². The first-order chi connectivity index (χ1) is 8.15. The lowest BCUT2D eigenvalue weighted by Crippen LogP contribution is -2.23. The van der Waals surface area contributed by atoms with Crippen molar-refractivity contribution in [2.75, 3.05) is 14.2 Å². The fourth-order valence-electron chi connectivity index (χ4n) is 1.61. The Morgan fingerprint density at radius 3 is 2.88 bits per heavy atom. The van der Waals surface area contributed by atoms with E-state index in [1.54, 1.807) is 7.11 Å². The van der Waals surface area contributed by atoms with Crippen molar-refractivity contribution >= 4 is 5.71 Å². The van der Waals surface area contributed by atoms with Gasteiger partial charge in [-0.3, -0.25) is 4.99 Å². The molecule has 94 valence electrons. The zero-order valence-corrected chi connectivity index (χ0v) is 11.2. The SMILES string of the molecule is CNC(C)CC(C)=NCc1cccc(OC)c1. The minimum atomic E-state index is 0.476. The molecule has 1 aromatic carbocycles. The molecule has 0 aliphatic carbocycles. The molecule has 0 bridgehead atoms.